The van der Waals surface area contributed by atoms with Crippen molar-refractivity contribution in [3.05, 3.63) is 34.9 Å². The zero-order valence-corrected chi connectivity index (χ0v) is 10.00. The molecule has 1 aromatic carbocycles. The number of hydrogen-bond donors (Lipinski definition) is 1. The number of rotatable bonds is 1. The number of carbonyl (C=O) groups is 1. The monoisotopic (exact) mass is 238 g/mol. The lowest BCUT2D eigenvalue weighted by atomic mass is 9.69. The summed E-state index contributed by atoms with van der Waals surface area (Å²) in [7, 11) is 0. The Morgan fingerprint density at radius 3 is 2.81 bits per heavy atom. The molecule has 1 saturated carbocycles. The number of hydrogen-bond acceptors (Lipinski definition) is 2. The van der Waals surface area contributed by atoms with Crippen LogP contribution >= 0.6 is 11.6 Å². The SMILES string of the molecule is C[C@@]1(c2ccccc2Cl)C[C@@H](O)CCC1=O. The molecule has 0 unspecified atom stereocenters. The second-order valence-corrected chi connectivity index (χ2v) is 5.04. The molecule has 1 aliphatic rings. The van der Waals surface area contributed by atoms with Gasteiger partial charge in [0.05, 0.1) is 11.5 Å². The van der Waals surface area contributed by atoms with E-state index in [0.29, 0.717) is 24.3 Å². The summed E-state index contributed by atoms with van der Waals surface area (Å²) in [5.41, 5.74) is 0.205. The van der Waals surface area contributed by atoms with Gasteiger partial charge in [0.1, 0.15) is 5.78 Å². The number of aliphatic hydroxyl groups is 1. The topological polar surface area (TPSA) is 37.3 Å². The fraction of sp³-hybridized carbons (Fsp3) is 0.462. The van der Waals surface area contributed by atoms with Crippen LogP contribution in [0.25, 0.3) is 0 Å². The van der Waals surface area contributed by atoms with Crippen molar-refractivity contribution in [2.24, 2.45) is 0 Å². The van der Waals surface area contributed by atoms with E-state index in [1.807, 2.05) is 25.1 Å². The van der Waals surface area contributed by atoms with Gasteiger partial charge >= 0.3 is 0 Å². The summed E-state index contributed by atoms with van der Waals surface area (Å²) >= 11 is 6.13. The predicted octanol–water partition coefficient (Wildman–Crippen LogP) is 2.71. The van der Waals surface area contributed by atoms with E-state index in [1.54, 1.807) is 6.07 Å². The Hall–Kier alpha value is -0.860. The van der Waals surface area contributed by atoms with Gasteiger partial charge in [-0.1, -0.05) is 29.8 Å². The first-order valence-electron chi connectivity index (χ1n) is 5.50. The van der Waals surface area contributed by atoms with E-state index >= 15 is 0 Å². The third kappa shape index (κ3) is 1.87. The largest absolute Gasteiger partial charge is 0.393 e. The summed E-state index contributed by atoms with van der Waals surface area (Å²) in [4.78, 5) is 12.0. The Balaban J connectivity index is 2.44. The molecular formula is C13H15ClO2. The van der Waals surface area contributed by atoms with Gasteiger partial charge in [-0.3, -0.25) is 4.79 Å². The van der Waals surface area contributed by atoms with Crippen molar-refractivity contribution in [3.63, 3.8) is 0 Å². The van der Waals surface area contributed by atoms with Crippen LogP contribution in [0.3, 0.4) is 0 Å². The van der Waals surface area contributed by atoms with Gasteiger partial charge in [0.25, 0.3) is 0 Å². The van der Waals surface area contributed by atoms with Crippen LogP contribution < -0.4 is 0 Å². The van der Waals surface area contributed by atoms with Crippen LogP contribution in [0.5, 0.6) is 0 Å². The maximum Gasteiger partial charge on any atom is 0.143 e. The van der Waals surface area contributed by atoms with Crippen LogP contribution in [0.2, 0.25) is 5.02 Å². The Kier molecular flexibility index (Phi) is 3.04. The predicted molar refractivity (Wildman–Crippen MR) is 63.7 cm³/mol. The minimum atomic E-state index is -0.629. The molecule has 0 saturated heterocycles. The molecule has 0 amide bonds. The van der Waals surface area contributed by atoms with Gasteiger partial charge in [-0.2, -0.15) is 0 Å². The zero-order chi connectivity index (χ0) is 11.8. The maximum atomic E-state index is 12.0. The lowest BCUT2D eigenvalue weighted by Gasteiger charge is -2.35. The summed E-state index contributed by atoms with van der Waals surface area (Å²) in [5.74, 6) is 0.172. The molecule has 2 rings (SSSR count). The van der Waals surface area contributed by atoms with Crippen LogP contribution in [0.15, 0.2) is 24.3 Å². The average Bonchev–Trinajstić information content (AvgIpc) is 2.24. The van der Waals surface area contributed by atoms with E-state index in [2.05, 4.69) is 0 Å². The summed E-state index contributed by atoms with van der Waals surface area (Å²) in [6.45, 7) is 1.87. The number of halogens is 1. The van der Waals surface area contributed by atoms with E-state index in [9.17, 15) is 9.90 Å². The van der Waals surface area contributed by atoms with E-state index in [0.717, 1.165) is 5.56 Å². The number of aliphatic hydroxyl groups excluding tert-OH is 1. The number of carbonyl (C=O) groups excluding carboxylic acids is 1. The fourth-order valence-corrected chi connectivity index (χ4v) is 2.77. The quantitative estimate of drug-likeness (QED) is 0.817. The summed E-state index contributed by atoms with van der Waals surface area (Å²) in [6.07, 6.45) is 1.07. The Bertz CT molecular complexity index is 416. The summed E-state index contributed by atoms with van der Waals surface area (Å²) < 4.78 is 0. The summed E-state index contributed by atoms with van der Waals surface area (Å²) in [6, 6.07) is 7.38. The molecule has 0 spiro atoms. The molecule has 0 aromatic heterocycles. The van der Waals surface area contributed by atoms with E-state index in [-0.39, 0.29) is 5.78 Å². The molecule has 2 atom stereocenters. The van der Waals surface area contributed by atoms with Crippen molar-refractivity contribution >= 4 is 17.4 Å². The highest BCUT2D eigenvalue weighted by Gasteiger charge is 2.41. The van der Waals surface area contributed by atoms with Crippen molar-refractivity contribution < 1.29 is 9.90 Å². The minimum absolute atomic E-state index is 0.172. The molecule has 2 nitrogen and oxygen atoms in total. The molecule has 1 N–H and O–H groups in total. The molecule has 1 fully saturated rings. The normalized spacial score (nSPS) is 30.4. The minimum Gasteiger partial charge on any atom is -0.393 e. The van der Waals surface area contributed by atoms with Gasteiger partial charge in [-0.25, -0.2) is 0 Å². The number of benzene rings is 1. The van der Waals surface area contributed by atoms with Crippen molar-refractivity contribution in [3.8, 4) is 0 Å². The van der Waals surface area contributed by atoms with E-state index < -0.39 is 11.5 Å². The van der Waals surface area contributed by atoms with E-state index in [1.165, 1.54) is 0 Å². The highest BCUT2D eigenvalue weighted by Crippen LogP contribution is 2.39. The molecule has 0 radical (unpaired) electrons. The van der Waals surface area contributed by atoms with Crippen molar-refractivity contribution in [2.75, 3.05) is 0 Å². The molecule has 3 heteroatoms. The Morgan fingerprint density at radius 2 is 2.12 bits per heavy atom. The highest BCUT2D eigenvalue weighted by atomic mass is 35.5. The second kappa shape index (κ2) is 4.19. The Morgan fingerprint density at radius 1 is 1.44 bits per heavy atom. The Labute approximate surface area is 100 Å². The zero-order valence-electron chi connectivity index (χ0n) is 9.24. The third-order valence-electron chi connectivity index (χ3n) is 3.43. The smallest absolute Gasteiger partial charge is 0.143 e. The van der Waals surface area contributed by atoms with Crippen molar-refractivity contribution in [1.29, 1.82) is 0 Å². The van der Waals surface area contributed by atoms with Gasteiger partial charge in [0.15, 0.2) is 0 Å². The first-order chi connectivity index (χ1) is 7.54. The maximum absolute atomic E-state index is 12.0. The molecule has 0 heterocycles. The first kappa shape index (κ1) is 11.6. The second-order valence-electron chi connectivity index (χ2n) is 4.63. The highest BCUT2D eigenvalue weighted by molar-refractivity contribution is 6.31. The average molecular weight is 239 g/mol. The van der Waals surface area contributed by atoms with Gasteiger partial charge in [-0.15, -0.1) is 0 Å². The van der Waals surface area contributed by atoms with E-state index in [4.69, 9.17) is 11.6 Å². The van der Waals surface area contributed by atoms with Crippen molar-refractivity contribution in [1.82, 2.24) is 0 Å². The van der Waals surface area contributed by atoms with Crippen LogP contribution in [-0.2, 0) is 10.2 Å². The number of Topliss-reactive ketones (excluding diaryl/α,β-unsaturated/α-hetero) is 1. The molecule has 16 heavy (non-hydrogen) atoms. The molecule has 0 bridgehead atoms. The molecule has 0 aliphatic heterocycles. The lowest BCUT2D eigenvalue weighted by Crippen LogP contribution is -2.41. The molecular weight excluding hydrogens is 224 g/mol. The van der Waals surface area contributed by atoms with Crippen molar-refractivity contribution in [2.45, 2.75) is 37.7 Å². The summed E-state index contributed by atoms with van der Waals surface area (Å²) in [5, 5.41) is 10.3. The standard InChI is InChI=1S/C13H15ClO2/c1-13(8-9(15)6-7-12(13)16)10-4-2-3-5-11(10)14/h2-5,9,15H,6-8H2,1H3/t9-,13-/m0/s1. The fourth-order valence-electron chi connectivity index (χ4n) is 2.43. The molecule has 1 aliphatic carbocycles. The van der Waals surface area contributed by atoms with Crippen LogP contribution in [-0.4, -0.2) is 17.0 Å². The van der Waals surface area contributed by atoms with Gasteiger partial charge in [-0.05, 0) is 31.4 Å². The third-order valence-corrected chi connectivity index (χ3v) is 3.76. The molecule has 1 aromatic rings. The lowest BCUT2D eigenvalue weighted by molar-refractivity contribution is -0.128. The van der Waals surface area contributed by atoms with Gasteiger partial charge < -0.3 is 5.11 Å². The van der Waals surface area contributed by atoms with Gasteiger partial charge in [0, 0.05) is 11.4 Å². The van der Waals surface area contributed by atoms with Gasteiger partial charge in [0.2, 0.25) is 0 Å². The van der Waals surface area contributed by atoms with Crippen LogP contribution in [0.1, 0.15) is 31.7 Å². The first-order valence-corrected chi connectivity index (χ1v) is 5.88. The van der Waals surface area contributed by atoms with Crippen LogP contribution in [0.4, 0.5) is 0 Å². The molecule has 86 valence electrons. The number of ketones is 1. The van der Waals surface area contributed by atoms with Crippen LogP contribution in [0, 0.1) is 0 Å².